The first-order chi connectivity index (χ1) is 15.0. The smallest absolute Gasteiger partial charge is 0.330 e. The Morgan fingerprint density at radius 2 is 2.06 bits per heavy atom. The number of nitro benzene ring substituents is 1. The molecular formula is C19H23N3O9S. The molecule has 2 heterocycles. The van der Waals surface area contributed by atoms with Crippen LogP contribution in [0.4, 0.5) is 5.69 Å². The summed E-state index contributed by atoms with van der Waals surface area (Å²) in [6.45, 7) is 2.54. The number of nitrogens with one attached hydrogen (secondary N) is 1. The van der Waals surface area contributed by atoms with Gasteiger partial charge in [0.15, 0.2) is 0 Å². The minimum Gasteiger partial charge on any atom is -0.390 e. The van der Waals surface area contributed by atoms with Crippen molar-refractivity contribution in [3.63, 3.8) is 0 Å². The van der Waals surface area contributed by atoms with Gasteiger partial charge < -0.3 is 9.84 Å². The quantitative estimate of drug-likeness (QED) is 0.318. The van der Waals surface area contributed by atoms with Crippen LogP contribution in [0.1, 0.15) is 36.6 Å². The molecular weight excluding hydrogens is 446 g/mol. The fourth-order valence-corrected chi connectivity index (χ4v) is 4.75. The second-order valence-corrected chi connectivity index (χ2v) is 9.32. The summed E-state index contributed by atoms with van der Waals surface area (Å²) in [6.07, 6.45) is -1.76. The van der Waals surface area contributed by atoms with Crippen molar-refractivity contribution in [2.24, 2.45) is 0 Å². The van der Waals surface area contributed by atoms with E-state index < -0.39 is 63.0 Å². The molecule has 2 unspecified atom stereocenters. The predicted molar refractivity (Wildman–Crippen MR) is 112 cm³/mol. The molecule has 4 atom stereocenters. The van der Waals surface area contributed by atoms with Gasteiger partial charge in [0.05, 0.1) is 23.4 Å². The summed E-state index contributed by atoms with van der Waals surface area (Å²) in [4.78, 5) is 36.3. The number of aromatic amines is 1. The number of aliphatic hydroxyl groups is 1. The predicted octanol–water partition coefficient (Wildman–Crippen LogP) is 0.552. The SMILES string of the molecule is Cc1cn([C@H]2CC(O)[C@@H](COS(=O)(=O)CC(C)c3ccccc3[N+](=O)[O-])O2)c(=O)[nH]c1=O. The summed E-state index contributed by atoms with van der Waals surface area (Å²) in [5.41, 5.74) is -0.910. The molecule has 0 saturated carbocycles. The zero-order valence-electron chi connectivity index (χ0n) is 17.3. The van der Waals surface area contributed by atoms with Crippen molar-refractivity contribution in [2.45, 2.75) is 44.6 Å². The molecule has 0 spiro atoms. The summed E-state index contributed by atoms with van der Waals surface area (Å²) in [5, 5.41) is 21.4. The van der Waals surface area contributed by atoms with Gasteiger partial charge in [-0.2, -0.15) is 8.42 Å². The van der Waals surface area contributed by atoms with Crippen LogP contribution in [0.2, 0.25) is 0 Å². The third-order valence-electron chi connectivity index (χ3n) is 5.19. The third-order valence-corrected chi connectivity index (χ3v) is 6.59. The number of ether oxygens (including phenoxy) is 1. The van der Waals surface area contributed by atoms with Crippen molar-refractivity contribution in [3.05, 3.63) is 72.5 Å². The molecule has 0 bridgehead atoms. The van der Waals surface area contributed by atoms with Crippen molar-refractivity contribution >= 4 is 15.8 Å². The van der Waals surface area contributed by atoms with Crippen LogP contribution < -0.4 is 11.2 Å². The normalized spacial score (nSPS) is 22.0. The van der Waals surface area contributed by atoms with E-state index in [1.807, 2.05) is 0 Å². The summed E-state index contributed by atoms with van der Waals surface area (Å²) in [6, 6.07) is 5.85. The highest BCUT2D eigenvalue weighted by atomic mass is 32.2. The molecule has 1 fully saturated rings. The van der Waals surface area contributed by atoms with Crippen LogP contribution in [0.5, 0.6) is 0 Å². The highest BCUT2D eigenvalue weighted by Crippen LogP contribution is 2.30. The number of aromatic nitrogens is 2. The molecule has 1 aromatic heterocycles. The number of aryl methyl sites for hydroxylation is 1. The monoisotopic (exact) mass is 469 g/mol. The summed E-state index contributed by atoms with van der Waals surface area (Å²) < 4.78 is 36.5. The number of aliphatic hydroxyl groups excluding tert-OH is 1. The van der Waals surface area contributed by atoms with Crippen molar-refractivity contribution in [1.29, 1.82) is 0 Å². The average Bonchev–Trinajstić information content (AvgIpc) is 3.09. The number of nitrogens with zero attached hydrogens (tertiary/aromatic N) is 2. The molecule has 1 aliphatic rings. The van der Waals surface area contributed by atoms with Crippen LogP contribution in [-0.2, 0) is 19.0 Å². The van der Waals surface area contributed by atoms with Crippen molar-refractivity contribution in [1.82, 2.24) is 9.55 Å². The van der Waals surface area contributed by atoms with Gasteiger partial charge in [-0.25, -0.2) is 4.79 Å². The first-order valence-corrected chi connectivity index (χ1v) is 11.3. The Morgan fingerprint density at radius 3 is 2.75 bits per heavy atom. The molecule has 13 heteroatoms. The maximum atomic E-state index is 12.4. The van der Waals surface area contributed by atoms with Crippen LogP contribution in [0.15, 0.2) is 40.1 Å². The number of nitro groups is 1. The fraction of sp³-hybridized carbons (Fsp3) is 0.474. The highest BCUT2D eigenvalue weighted by molar-refractivity contribution is 7.86. The van der Waals surface area contributed by atoms with Gasteiger partial charge in [-0.3, -0.25) is 28.6 Å². The molecule has 0 radical (unpaired) electrons. The van der Waals surface area contributed by atoms with E-state index >= 15 is 0 Å². The molecule has 0 amide bonds. The average molecular weight is 469 g/mol. The van der Waals surface area contributed by atoms with Gasteiger partial charge in [-0.15, -0.1) is 0 Å². The maximum Gasteiger partial charge on any atom is 0.330 e. The first-order valence-electron chi connectivity index (χ1n) is 9.74. The summed E-state index contributed by atoms with van der Waals surface area (Å²) >= 11 is 0. The van der Waals surface area contributed by atoms with Gasteiger partial charge in [0.25, 0.3) is 21.4 Å². The van der Waals surface area contributed by atoms with Crippen LogP contribution in [-0.4, -0.2) is 52.6 Å². The first kappa shape index (κ1) is 23.8. The molecule has 1 saturated heterocycles. The molecule has 174 valence electrons. The van der Waals surface area contributed by atoms with Gasteiger partial charge in [0.2, 0.25) is 0 Å². The lowest BCUT2D eigenvalue weighted by Crippen LogP contribution is -2.33. The molecule has 2 N–H and O–H groups in total. The van der Waals surface area contributed by atoms with Gasteiger partial charge in [0.1, 0.15) is 12.3 Å². The third kappa shape index (κ3) is 5.30. The van der Waals surface area contributed by atoms with E-state index in [-0.39, 0.29) is 23.2 Å². The molecule has 3 rings (SSSR count). The van der Waals surface area contributed by atoms with Crippen LogP contribution in [0, 0.1) is 17.0 Å². The van der Waals surface area contributed by atoms with E-state index in [1.54, 1.807) is 6.07 Å². The topological polar surface area (TPSA) is 171 Å². The molecule has 1 aliphatic heterocycles. The molecule has 1 aromatic carbocycles. The Kier molecular flexibility index (Phi) is 6.93. The van der Waals surface area contributed by atoms with Gasteiger partial charge >= 0.3 is 5.69 Å². The standard InChI is InChI=1S/C19H23N3O9S/c1-11-8-21(19(25)20-18(11)24)17-7-15(23)16(31-17)9-30-32(28,29)10-12(2)13-5-3-4-6-14(13)22(26)27/h3-6,8,12,15-17,23H,7,9-10H2,1-2H3,(H,20,24,25)/t12?,15?,16-,17-/m1/s1. The van der Waals surface area contributed by atoms with Crippen molar-refractivity contribution in [3.8, 4) is 0 Å². The lowest BCUT2D eigenvalue weighted by atomic mass is 10.0. The Morgan fingerprint density at radius 1 is 1.38 bits per heavy atom. The number of para-hydroxylation sites is 1. The summed E-state index contributed by atoms with van der Waals surface area (Å²) in [7, 11) is -4.11. The number of rotatable bonds is 8. The Bertz CT molecular complexity index is 1220. The molecule has 12 nitrogen and oxygen atoms in total. The Balaban J connectivity index is 1.65. The molecule has 32 heavy (non-hydrogen) atoms. The number of hydrogen-bond acceptors (Lipinski definition) is 9. The number of H-pyrrole nitrogens is 1. The van der Waals surface area contributed by atoms with Crippen LogP contribution in [0.25, 0.3) is 0 Å². The van der Waals surface area contributed by atoms with Crippen molar-refractivity contribution < 1.29 is 27.4 Å². The lowest BCUT2D eigenvalue weighted by molar-refractivity contribution is -0.385. The lowest BCUT2D eigenvalue weighted by Gasteiger charge is -2.17. The minimum atomic E-state index is -4.11. The van der Waals surface area contributed by atoms with E-state index in [2.05, 4.69) is 4.98 Å². The Labute approximate surface area is 182 Å². The molecule has 0 aliphatic carbocycles. The second-order valence-electron chi connectivity index (χ2n) is 7.64. The highest BCUT2D eigenvalue weighted by Gasteiger charge is 2.37. The van der Waals surface area contributed by atoms with Crippen molar-refractivity contribution in [2.75, 3.05) is 12.4 Å². The summed E-state index contributed by atoms with van der Waals surface area (Å²) in [5.74, 6) is -1.23. The Hall–Kier alpha value is -2.87. The van der Waals surface area contributed by atoms with Gasteiger partial charge in [0, 0.05) is 35.7 Å². The number of hydrogen-bond donors (Lipinski definition) is 2. The fourth-order valence-electron chi connectivity index (χ4n) is 3.52. The zero-order chi connectivity index (χ0) is 23.6. The second kappa shape index (κ2) is 9.32. The van der Waals surface area contributed by atoms with Crippen LogP contribution in [0.3, 0.4) is 0 Å². The van der Waals surface area contributed by atoms with E-state index in [4.69, 9.17) is 8.92 Å². The molecule has 2 aromatic rings. The van der Waals surface area contributed by atoms with E-state index in [1.165, 1.54) is 38.2 Å². The van der Waals surface area contributed by atoms with E-state index in [0.29, 0.717) is 0 Å². The minimum absolute atomic E-state index is 0.00786. The maximum absolute atomic E-state index is 12.4. The van der Waals surface area contributed by atoms with Crippen LogP contribution >= 0.6 is 0 Å². The van der Waals surface area contributed by atoms with E-state index in [0.717, 1.165) is 4.57 Å². The van der Waals surface area contributed by atoms with Gasteiger partial charge in [-0.05, 0) is 6.92 Å². The zero-order valence-corrected chi connectivity index (χ0v) is 18.1. The van der Waals surface area contributed by atoms with Gasteiger partial charge in [-0.1, -0.05) is 25.1 Å². The van der Waals surface area contributed by atoms with E-state index in [9.17, 15) is 33.2 Å². The number of benzene rings is 1. The largest absolute Gasteiger partial charge is 0.390 e.